The van der Waals surface area contributed by atoms with E-state index in [4.69, 9.17) is 9.47 Å². The van der Waals surface area contributed by atoms with Crippen LogP contribution in [0.4, 0.5) is 0 Å². The Hall–Kier alpha value is 0.220. The second-order valence-electron chi connectivity index (χ2n) is 0.408. The third kappa shape index (κ3) is 2290. The van der Waals surface area contributed by atoms with Gasteiger partial charge in [-0.15, -0.1) is 0 Å². The van der Waals surface area contributed by atoms with Crippen molar-refractivity contribution in [2.75, 3.05) is 0 Å². The van der Waals surface area contributed by atoms with Crippen LogP contribution in [0.3, 0.4) is 0 Å². The van der Waals surface area contributed by atoms with E-state index >= 15 is 0 Å². The molecule has 0 aliphatic rings. The summed E-state index contributed by atoms with van der Waals surface area (Å²) in [5, 5.41) is 7.32. The third-order valence-corrected chi connectivity index (χ3v) is 0. The molecule has 0 aromatic carbocycles. The van der Waals surface area contributed by atoms with Crippen LogP contribution in [0.15, 0.2) is 0 Å². The van der Waals surface area contributed by atoms with Crippen molar-refractivity contribution in [3.63, 3.8) is 0 Å². The van der Waals surface area contributed by atoms with Gasteiger partial charge in [0.05, 0.1) is 6.07 Å². The lowest BCUT2D eigenvalue weighted by Crippen LogP contribution is -1.41. The molecule has 0 fully saturated rings. The largest absolute Gasteiger partial charge is 0.225 e. The van der Waals surface area contributed by atoms with Crippen molar-refractivity contribution in [3.05, 3.63) is 0 Å². The summed E-state index contributed by atoms with van der Waals surface area (Å²) in [7, 11) is 7.36. The normalized spacial score (nSPS) is 6.14. The van der Waals surface area contributed by atoms with E-state index in [0.717, 1.165) is 0 Å². The van der Waals surface area contributed by atoms with Gasteiger partial charge in [0.15, 0.2) is 0 Å². The van der Waals surface area contributed by atoms with Crippen LogP contribution in [-0.2, 0) is 9.23 Å². The first-order valence-electron chi connectivity index (χ1n) is 1.20. The molecule has 0 heterocycles. The van der Waals surface area contributed by atoms with Gasteiger partial charge in [0.2, 0.25) is 9.23 Å². The Morgan fingerprint density at radius 2 is 1.71 bits per heavy atom. The smallest absolute Gasteiger partial charge is 0.211 e. The molecule has 0 amide bonds. The highest BCUT2D eigenvalue weighted by Crippen LogP contribution is 1.89. The number of rotatable bonds is 0. The van der Waals surface area contributed by atoms with Gasteiger partial charge < -0.3 is 0 Å². The second-order valence-corrected chi connectivity index (χ2v) is 2.93. The van der Waals surface area contributed by atoms with E-state index in [-0.39, 0.29) is 0 Å². The van der Waals surface area contributed by atoms with Crippen LogP contribution in [0.2, 0.25) is 0 Å². The fraction of sp³-hybridized carbons (Fsp3) is 0.500. The number of nitrogens with zero attached hydrogens (tertiary/aromatic N) is 1. The molecule has 0 spiro atoms. The van der Waals surface area contributed by atoms with Gasteiger partial charge in [-0.3, -0.25) is 0 Å². The zero-order chi connectivity index (χ0) is 6.28. The van der Waals surface area contributed by atoms with Gasteiger partial charge >= 0.3 is 0 Å². The fourth-order valence-corrected chi connectivity index (χ4v) is 0. The SMILES string of the molecule is CC#N.O=S(Cl)Cl. The summed E-state index contributed by atoms with van der Waals surface area (Å²) in [6, 6.07) is 1.75. The predicted molar refractivity (Wildman–Crippen MR) is 31.1 cm³/mol. The minimum absolute atomic E-state index is 1.43. The van der Waals surface area contributed by atoms with Crippen molar-refractivity contribution in [2.45, 2.75) is 6.92 Å². The Morgan fingerprint density at radius 3 is 1.71 bits per heavy atom. The molecule has 0 saturated carbocycles. The van der Waals surface area contributed by atoms with E-state index in [0.29, 0.717) is 0 Å². The van der Waals surface area contributed by atoms with Gasteiger partial charge in [-0.05, 0) is 0 Å². The van der Waals surface area contributed by atoms with Crippen LogP contribution in [0.25, 0.3) is 0 Å². The average molecular weight is 160 g/mol. The van der Waals surface area contributed by atoms with Crippen molar-refractivity contribution in [2.24, 2.45) is 0 Å². The Morgan fingerprint density at radius 1 is 1.71 bits per heavy atom. The molecule has 7 heavy (non-hydrogen) atoms. The number of nitriles is 1. The summed E-state index contributed by atoms with van der Waals surface area (Å²) in [6.45, 7) is 1.43. The molecule has 0 aliphatic carbocycles. The second kappa shape index (κ2) is 9.52. The van der Waals surface area contributed by atoms with E-state index in [1.165, 1.54) is 6.92 Å². The maximum absolute atomic E-state index is 9.09. The average Bonchev–Trinajstić information content (AvgIpc) is 1.33. The highest BCUT2D eigenvalue weighted by Gasteiger charge is 1.67. The fourth-order valence-electron chi connectivity index (χ4n) is 0. The molecule has 0 atom stereocenters. The van der Waals surface area contributed by atoms with E-state index in [1.807, 2.05) is 0 Å². The highest BCUT2D eigenvalue weighted by atomic mass is 36.0. The summed E-state index contributed by atoms with van der Waals surface area (Å²) < 4.78 is 9.09. The molecule has 0 bridgehead atoms. The molecule has 0 unspecified atom stereocenters. The molecule has 0 aliphatic heterocycles. The van der Waals surface area contributed by atoms with E-state index in [1.54, 1.807) is 6.07 Å². The molecule has 42 valence electrons. The first-order valence-corrected chi connectivity index (χ1v) is 4.00. The molecule has 0 saturated heterocycles. The lowest BCUT2D eigenvalue weighted by Gasteiger charge is -1.50. The Labute approximate surface area is 53.5 Å². The minimum Gasteiger partial charge on any atom is -0.225 e. The van der Waals surface area contributed by atoms with Gasteiger partial charge in [0.1, 0.15) is 0 Å². The van der Waals surface area contributed by atoms with Crippen LogP contribution < -0.4 is 0 Å². The quantitative estimate of drug-likeness (QED) is 0.504. The van der Waals surface area contributed by atoms with Crippen LogP contribution in [-0.4, -0.2) is 4.21 Å². The minimum atomic E-state index is -1.67. The van der Waals surface area contributed by atoms with Gasteiger partial charge in [-0.25, -0.2) is 4.21 Å². The van der Waals surface area contributed by atoms with Crippen LogP contribution in [0, 0.1) is 11.3 Å². The standard InChI is InChI=1S/C2H3N.Cl2OS/c1-2-3;1-4(2)3/h1H3;. The van der Waals surface area contributed by atoms with Crippen molar-refractivity contribution in [1.29, 1.82) is 5.26 Å². The van der Waals surface area contributed by atoms with Crippen LogP contribution in [0.5, 0.6) is 0 Å². The summed E-state index contributed by atoms with van der Waals surface area (Å²) in [5.41, 5.74) is 0. The van der Waals surface area contributed by atoms with Gasteiger partial charge in [0.25, 0.3) is 0 Å². The van der Waals surface area contributed by atoms with E-state index < -0.39 is 9.23 Å². The molecule has 0 N–H and O–H groups in total. The van der Waals surface area contributed by atoms with E-state index in [9.17, 15) is 0 Å². The first-order chi connectivity index (χ1) is 3.15. The predicted octanol–water partition coefficient (Wildman–Crippen LogP) is 1.57. The van der Waals surface area contributed by atoms with Gasteiger partial charge in [-0.1, -0.05) is 0 Å². The molecular weight excluding hydrogens is 157 g/mol. The maximum Gasteiger partial charge on any atom is 0.211 e. The zero-order valence-electron chi connectivity index (χ0n) is 3.52. The van der Waals surface area contributed by atoms with Crippen molar-refractivity contribution < 1.29 is 4.21 Å². The van der Waals surface area contributed by atoms with Crippen LogP contribution >= 0.6 is 21.4 Å². The summed E-state index contributed by atoms with van der Waals surface area (Å²) >= 11 is 0. The first kappa shape index (κ1) is 10.3. The summed E-state index contributed by atoms with van der Waals surface area (Å²) in [4.78, 5) is 0. The summed E-state index contributed by atoms with van der Waals surface area (Å²) in [5.74, 6) is 0. The van der Waals surface area contributed by atoms with Crippen molar-refractivity contribution in [1.82, 2.24) is 0 Å². The van der Waals surface area contributed by atoms with Crippen molar-refractivity contribution in [3.8, 4) is 6.07 Å². The molecule has 2 nitrogen and oxygen atoms in total. The Bertz CT molecular complexity index is 84.2. The number of halogens is 2. The Kier molecular flexibility index (Phi) is 13.9. The molecular formula is C2H3Cl2NOS. The lowest BCUT2D eigenvalue weighted by molar-refractivity contribution is 0.698. The molecule has 0 aromatic heterocycles. The monoisotopic (exact) mass is 159 g/mol. The number of hydrogen-bond donors (Lipinski definition) is 0. The van der Waals surface area contributed by atoms with Crippen LogP contribution in [0.1, 0.15) is 6.92 Å². The Balaban J connectivity index is 0. The molecule has 0 rings (SSSR count). The maximum atomic E-state index is 9.09. The van der Waals surface area contributed by atoms with Crippen molar-refractivity contribution >= 4 is 30.6 Å². The molecule has 0 radical (unpaired) electrons. The third-order valence-electron chi connectivity index (χ3n) is 0. The molecule has 0 aromatic rings. The lowest BCUT2D eigenvalue weighted by atomic mass is 11.0. The van der Waals surface area contributed by atoms with Gasteiger partial charge in [0, 0.05) is 28.3 Å². The van der Waals surface area contributed by atoms with E-state index in [2.05, 4.69) is 21.4 Å². The zero-order valence-corrected chi connectivity index (χ0v) is 5.85. The summed E-state index contributed by atoms with van der Waals surface area (Å²) in [6.07, 6.45) is 0. The highest BCUT2D eigenvalue weighted by molar-refractivity contribution is 8.26. The van der Waals surface area contributed by atoms with Gasteiger partial charge in [-0.2, -0.15) is 5.26 Å². The molecule has 5 heteroatoms. The number of hydrogen-bond acceptors (Lipinski definition) is 2. The topological polar surface area (TPSA) is 40.9 Å².